The molecule has 2 aromatic heterocycles. The van der Waals surface area contributed by atoms with Gasteiger partial charge in [0, 0.05) is 56.5 Å². The average molecular weight is 640 g/mol. The van der Waals surface area contributed by atoms with E-state index in [9.17, 15) is 4.79 Å². The molecular weight excluding hydrogens is 612 g/mol. The number of benzene rings is 2. The Hall–Kier alpha value is -2.39. The monoisotopic (exact) mass is 638 g/mol. The molecule has 5 rings (SSSR count). The maximum Gasteiger partial charge on any atom is 0.255 e. The molecule has 0 unspecified atom stereocenters. The minimum atomic E-state index is -0.131. The van der Waals surface area contributed by atoms with Crippen molar-refractivity contribution in [3.05, 3.63) is 96.4 Å². The van der Waals surface area contributed by atoms with Crippen LogP contribution in [0.3, 0.4) is 0 Å². The molecule has 1 aliphatic heterocycles. The van der Waals surface area contributed by atoms with E-state index in [0.717, 1.165) is 56.1 Å². The van der Waals surface area contributed by atoms with Gasteiger partial charge in [-0.1, -0.05) is 44.3 Å². The van der Waals surface area contributed by atoms with E-state index in [2.05, 4.69) is 59.4 Å². The van der Waals surface area contributed by atoms with Crippen LogP contribution < -0.4 is 5.32 Å². The van der Waals surface area contributed by atoms with E-state index < -0.39 is 0 Å². The van der Waals surface area contributed by atoms with E-state index in [-0.39, 0.29) is 5.91 Å². The average Bonchev–Trinajstić information content (AvgIpc) is 3.38. The summed E-state index contributed by atoms with van der Waals surface area (Å²) < 4.78 is 1.91. The van der Waals surface area contributed by atoms with Crippen LogP contribution in [0.4, 0.5) is 5.69 Å². The number of hydrogen-bond donors (Lipinski definition) is 1. The van der Waals surface area contributed by atoms with Gasteiger partial charge >= 0.3 is 0 Å². The van der Waals surface area contributed by atoms with Gasteiger partial charge in [-0.25, -0.2) is 4.98 Å². The quantitative estimate of drug-likeness (QED) is 0.224. The molecule has 0 atom stereocenters. The van der Waals surface area contributed by atoms with Crippen molar-refractivity contribution in [3.8, 4) is 11.3 Å². The lowest BCUT2D eigenvalue weighted by Gasteiger charge is -2.27. The van der Waals surface area contributed by atoms with Gasteiger partial charge in [-0.2, -0.15) is 0 Å². The first-order chi connectivity index (χ1) is 18.0. The first-order valence-corrected chi connectivity index (χ1v) is 14.9. The highest BCUT2D eigenvalue weighted by atomic mass is 79.9. The molecule has 2 aromatic carbocycles. The van der Waals surface area contributed by atoms with Crippen molar-refractivity contribution in [1.82, 2.24) is 14.9 Å². The smallest absolute Gasteiger partial charge is 0.255 e. The zero-order chi connectivity index (χ0) is 25.8. The van der Waals surface area contributed by atoms with Gasteiger partial charge in [0.05, 0.1) is 10.7 Å². The molecule has 1 amide bonds. The summed E-state index contributed by atoms with van der Waals surface area (Å²) in [6.07, 6.45) is 8.13. The number of thiazole rings is 1. The number of amides is 1. The Morgan fingerprint density at radius 3 is 2.59 bits per heavy atom. The molecule has 1 aliphatic rings. The van der Waals surface area contributed by atoms with Crippen molar-refractivity contribution in [3.63, 3.8) is 0 Å². The number of pyridine rings is 1. The number of rotatable bonds is 7. The number of anilines is 1. The third-order valence-corrected chi connectivity index (χ3v) is 8.96. The summed E-state index contributed by atoms with van der Waals surface area (Å²) in [5.74, 6) is -0.131. The topological polar surface area (TPSA) is 58.1 Å². The summed E-state index contributed by atoms with van der Waals surface area (Å²) in [6, 6.07) is 13.8. The Balaban J connectivity index is 1.28. The zero-order valence-electron chi connectivity index (χ0n) is 20.6. The fraction of sp³-hybridized carbons (Fsp3) is 0.276. The largest absolute Gasteiger partial charge is 0.322 e. The maximum atomic E-state index is 13.2. The van der Waals surface area contributed by atoms with Crippen molar-refractivity contribution in [2.24, 2.45) is 0 Å². The van der Waals surface area contributed by atoms with Crippen LogP contribution in [0.2, 0.25) is 0 Å². The van der Waals surface area contributed by atoms with E-state index >= 15 is 0 Å². The molecule has 4 aromatic rings. The standard InChI is InChI=1S/C29H28Br2N4OS/c1-19-7-8-23(12-21(19)15-28-34-27(18-37-28)20-6-5-9-32-16-20)33-29(36)22-13-25(30)24(26(31)14-22)17-35-10-3-2-4-11-35/h5-9,12-14,16,18H,2-4,10-11,15,17H2,1H3,(H,33,36). The second-order valence-corrected chi connectivity index (χ2v) is 12.0. The molecule has 8 heteroatoms. The molecule has 190 valence electrons. The molecule has 0 saturated carbocycles. The number of aromatic nitrogens is 2. The maximum absolute atomic E-state index is 13.2. The molecule has 1 fully saturated rings. The van der Waals surface area contributed by atoms with Gasteiger partial charge in [-0.3, -0.25) is 14.7 Å². The van der Waals surface area contributed by atoms with Crippen molar-refractivity contribution in [2.45, 2.75) is 39.2 Å². The Labute approximate surface area is 238 Å². The van der Waals surface area contributed by atoms with Gasteiger partial charge < -0.3 is 5.32 Å². The van der Waals surface area contributed by atoms with E-state index in [1.54, 1.807) is 17.5 Å². The summed E-state index contributed by atoms with van der Waals surface area (Å²) in [7, 11) is 0. The number of piperidine rings is 1. The highest BCUT2D eigenvalue weighted by Gasteiger charge is 2.17. The van der Waals surface area contributed by atoms with E-state index in [1.807, 2.05) is 48.7 Å². The van der Waals surface area contributed by atoms with Crippen LogP contribution in [0.1, 0.15) is 51.3 Å². The molecule has 0 spiro atoms. The molecular formula is C29H28Br2N4OS. The van der Waals surface area contributed by atoms with Gasteiger partial charge in [-0.15, -0.1) is 11.3 Å². The summed E-state index contributed by atoms with van der Waals surface area (Å²) in [5.41, 5.74) is 6.85. The first-order valence-electron chi connectivity index (χ1n) is 12.4. The fourth-order valence-electron chi connectivity index (χ4n) is 4.57. The molecule has 1 saturated heterocycles. The number of aryl methyl sites for hydroxylation is 1. The SMILES string of the molecule is Cc1ccc(NC(=O)c2cc(Br)c(CN3CCCCC3)c(Br)c2)cc1Cc1nc(-c2cccnc2)cs1. The van der Waals surface area contributed by atoms with Gasteiger partial charge in [0.25, 0.3) is 5.91 Å². The minimum Gasteiger partial charge on any atom is -0.322 e. The molecule has 1 N–H and O–H groups in total. The van der Waals surface area contributed by atoms with Crippen LogP contribution in [0.15, 0.2) is 69.2 Å². The molecule has 0 radical (unpaired) electrons. The predicted molar refractivity (Wildman–Crippen MR) is 158 cm³/mol. The first kappa shape index (κ1) is 26.2. The van der Waals surface area contributed by atoms with Gasteiger partial charge in [0.15, 0.2) is 0 Å². The summed E-state index contributed by atoms with van der Waals surface area (Å²) >= 11 is 9.06. The number of hydrogen-bond acceptors (Lipinski definition) is 5. The van der Waals surface area contributed by atoms with Crippen molar-refractivity contribution < 1.29 is 4.79 Å². The molecule has 0 bridgehead atoms. The number of halogens is 2. The normalized spacial score (nSPS) is 14.0. The van der Waals surface area contributed by atoms with Gasteiger partial charge in [-0.05, 0) is 85.9 Å². The number of nitrogens with zero attached hydrogens (tertiary/aromatic N) is 3. The molecule has 5 nitrogen and oxygen atoms in total. The van der Waals surface area contributed by atoms with Crippen molar-refractivity contribution >= 4 is 54.8 Å². The lowest BCUT2D eigenvalue weighted by atomic mass is 10.0. The van der Waals surface area contributed by atoms with Crippen LogP contribution >= 0.6 is 43.2 Å². The molecule has 37 heavy (non-hydrogen) atoms. The number of nitrogens with one attached hydrogen (secondary N) is 1. The second-order valence-electron chi connectivity index (χ2n) is 9.40. The van der Waals surface area contributed by atoms with Crippen molar-refractivity contribution in [1.29, 1.82) is 0 Å². The summed E-state index contributed by atoms with van der Waals surface area (Å²) in [5, 5.41) is 6.18. The Morgan fingerprint density at radius 2 is 1.86 bits per heavy atom. The van der Waals surface area contributed by atoms with E-state index in [0.29, 0.717) is 12.0 Å². The fourth-order valence-corrected chi connectivity index (χ4v) is 6.83. The van der Waals surface area contributed by atoms with Crippen molar-refractivity contribution in [2.75, 3.05) is 18.4 Å². The summed E-state index contributed by atoms with van der Waals surface area (Å²) in [4.78, 5) is 24.6. The van der Waals surface area contributed by atoms with Gasteiger partial charge in [0.2, 0.25) is 0 Å². The van der Waals surface area contributed by atoms with E-state index in [4.69, 9.17) is 4.98 Å². The van der Waals surface area contributed by atoms with E-state index in [1.165, 1.54) is 30.4 Å². The van der Waals surface area contributed by atoms with Crippen LogP contribution in [-0.2, 0) is 13.0 Å². The predicted octanol–water partition coefficient (Wildman–Crippen LogP) is 7.87. The zero-order valence-corrected chi connectivity index (χ0v) is 24.6. The Morgan fingerprint density at radius 1 is 1.08 bits per heavy atom. The highest BCUT2D eigenvalue weighted by molar-refractivity contribution is 9.11. The van der Waals surface area contributed by atoms with Crippen LogP contribution in [0.25, 0.3) is 11.3 Å². The Bertz CT molecular complexity index is 1380. The third-order valence-electron chi connectivity index (χ3n) is 6.69. The van der Waals surface area contributed by atoms with Crippen LogP contribution in [0, 0.1) is 6.92 Å². The third kappa shape index (κ3) is 6.55. The second kappa shape index (κ2) is 12.0. The summed E-state index contributed by atoms with van der Waals surface area (Å²) in [6.45, 7) is 5.22. The van der Waals surface area contributed by atoms with Gasteiger partial charge in [0.1, 0.15) is 0 Å². The molecule has 3 heterocycles. The minimum absolute atomic E-state index is 0.131. The van der Waals surface area contributed by atoms with Crippen LogP contribution in [-0.4, -0.2) is 33.9 Å². The number of likely N-dealkylation sites (tertiary alicyclic amines) is 1. The lowest BCUT2D eigenvalue weighted by Crippen LogP contribution is -2.29. The number of carbonyl (C=O) groups excluding carboxylic acids is 1. The van der Waals surface area contributed by atoms with Crippen LogP contribution in [0.5, 0.6) is 0 Å². The number of carbonyl (C=O) groups is 1. The lowest BCUT2D eigenvalue weighted by molar-refractivity contribution is 0.102. The highest BCUT2D eigenvalue weighted by Crippen LogP contribution is 2.30. The molecule has 0 aliphatic carbocycles. The Kier molecular flexibility index (Phi) is 8.49.